The lowest BCUT2D eigenvalue weighted by Gasteiger charge is -2.39. The second-order valence-corrected chi connectivity index (χ2v) is 8.31. The summed E-state index contributed by atoms with van der Waals surface area (Å²) in [6, 6.07) is 9.58. The van der Waals surface area contributed by atoms with Gasteiger partial charge in [-0.15, -0.1) is 0 Å². The molecule has 186 valence electrons. The van der Waals surface area contributed by atoms with Crippen molar-refractivity contribution in [2.24, 2.45) is 0 Å². The molecular weight excluding hydrogens is 452 g/mol. The quantitative estimate of drug-likeness (QED) is 0.604. The molecule has 1 aromatic heterocycles. The number of ether oxygens (including phenoxy) is 2. The highest BCUT2D eigenvalue weighted by atomic mass is 16.5. The first-order chi connectivity index (χ1) is 16.9. The topological polar surface area (TPSA) is 105 Å². The molecule has 1 atom stereocenters. The summed E-state index contributed by atoms with van der Waals surface area (Å²) in [6.07, 6.45) is 1.48. The third-order valence-corrected chi connectivity index (χ3v) is 6.29. The van der Waals surface area contributed by atoms with Crippen molar-refractivity contribution in [3.05, 3.63) is 65.3 Å². The third kappa shape index (κ3) is 5.02. The van der Waals surface area contributed by atoms with Crippen molar-refractivity contribution in [3.8, 4) is 5.75 Å². The molecule has 10 nitrogen and oxygen atoms in total. The Balaban J connectivity index is 1.61. The molecule has 3 amide bonds. The Hall–Kier alpha value is -3.79. The number of hydrogen-bond acceptors (Lipinski definition) is 7. The number of nitrogens with one attached hydrogen (secondary N) is 1. The predicted molar refractivity (Wildman–Crippen MR) is 127 cm³/mol. The Bertz CT molecular complexity index is 1100. The fourth-order valence-electron chi connectivity index (χ4n) is 4.41. The van der Waals surface area contributed by atoms with E-state index in [1.54, 1.807) is 44.2 Å². The summed E-state index contributed by atoms with van der Waals surface area (Å²) in [5.74, 6) is 0.242. The van der Waals surface area contributed by atoms with Crippen LogP contribution in [0.2, 0.25) is 0 Å². The summed E-state index contributed by atoms with van der Waals surface area (Å²) in [5, 5.41) is 2.92. The summed E-state index contributed by atoms with van der Waals surface area (Å²) in [6.45, 7) is 4.49. The second kappa shape index (κ2) is 10.6. The van der Waals surface area contributed by atoms with Gasteiger partial charge in [0.15, 0.2) is 5.76 Å². The first kappa shape index (κ1) is 24.3. The lowest BCUT2D eigenvalue weighted by Crippen LogP contribution is -2.53. The van der Waals surface area contributed by atoms with E-state index in [2.05, 4.69) is 10.2 Å². The fourth-order valence-corrected chi connectivity index (χ4v) is 4.41. The van der Waals surface area contributed by atoms with E-state index in [0.29, 0.717) is 61.1 Å². The molecule has 10 heteroatoms. The molecule has 0 spiro atoms. The molecule has 2 aliphatic rings. The summed E-state index contributed by atoms with van der Waals surface area (Å²) < 4.78 is 16.1. The van der Waals surface area contributed by atoms with Gasteiger partial charge in [-0.2, -0.15) is 0 Å². The van der Waals surface area contributed by atoms with Crippen molar-refractivity contribution in [1.82, 2.24) is 20.0 Å². The van der Waals surface area contributed by atoms with Crippen LogP contribution in [0.4, 0.5) is 4.79 Å². The lowest BCUT2D eigenvalue weighted by molar-refractivity contribution is -0.139. The summed E-state index contributed by atoms with van der Waals surface area (Å²) in [7, 11) is 3.19. The number of esters is 1. The molecule has 4 rings (SSSR count). The Morgan fingerprint density at radius 3 is 2.51 bits per heavy atom. The molecule has 2 aliphatic heterocycles. The zero-order valence-corrected chi connectivity index (χ0v) is 20.2. The Kier molecular flexibility index (Phi) is 7.40. The molecule has 0 saturated carbocycles. The average molecular weight is 483 g/mol. The van der Waals surface area contributed by atoms with E-state index < -0.39 is 12.0 Å². The molecule has 1 aromatic carbocycles. The molecule has 0 unspecified atom stereocenters. The Labute approximate surface area is 204 Å². The van der Waals surface area contributed by atoms with Crippen molar-refractivity contribution in [2.45, 2.75) is 13.0 Å². The first-order valence-corrected chi connectivity index (χ1v) is 11.6. The molecule has 1 saturated heterocycles. The molecule has 0 bridgehead atoms. The van der Waals surface area contributed by atoms with Crippen LogP contribution in [0.25, 0.3) is 0 Å². The number of nitrogens with zero attached hydrogens (tertiary/aromatic N) is 3. The number of furan rings is 1. The molecule has 35 heavy (non-hydrogen) atoms. The number of piperazine rings is 1. The van der Waals surface area contributed by atoms with Gasteiger partial charge in [0.1, 0.15) is 5.75 Å². The minimum atomic E-state index is -0.717. The molecule has 0 radical (unpaired) electrons. The number of carbonyl (C=O) groups is 3. The largest absolute Gasteiger partial charge is 0.496 e. The number of rotatable bonds is 7. The van der Waals surface area contributed by atoms with Crippen molar-refractivity contribution in [1.29, 1.82) is 0 Å². The van der Waals surface area contributed by atoms with E-state index in [4.69, 9.17) is 13.9 Å². The number of hydrogen-bond donors (Lipinski definition) is 1. The number of methoxy groups -OCH3 is 1. The average Bonchev–Trinajstić information content (AvgIpc) is 3.42. The molecule has 3 heterocycles. The number of benzene rings is 1. The van der Waals surface area contributed by atoms with Crippen LogP contribution in [0.15, 0.2) is 58.3 Å². The van der Waals surface area contributed by atoms with Crippen LogP contribution >= 0.6 is 0 Å². The lowest BCUT2D eigenvalue weighted by atomic mass is 9.93. The van der Waals surface area contributed by atoms with Crippen LogP contribution in [0.3, 0.4) is 0 Å². The smallest absolute Gasteiger partial charge is 0.338 e. The van der Waals surface area contributed by atoms with Gasteiger partial charge in [-0.3, -0.25) is 14.6 Å². The van der Waals surface area contributed by atoms with E-state index in [1.807, 2.05) is 18.2 Å². The SMILES string of the molecule is CCOC(=O)C1=C(CN2CCN(C(=O)c3ccco3)CC2)N(C)C(=O)N[C@H]1c1ccccc1OC. The van der Waals surface area contributed by atoms with Crippen molar-refractivity contribution >= 4 is 17.9 Å². The van der Waals surface area contributed by atoms with Crippen LogP contribution < -0.4 is 10.1 Å². The van der Waals surface area contributed by atoms with Crippen molar-refractivity contribution in [2.75, 3.05) is 53.5 Å². The molecule has 1 fully saturated rings. The van der Waals surface area contributed by atoms with Gasteiger partial charge >= 0.3 is 12.0 Å². The molecule has 1 N–H and O–H groups in total. The van der Waals surface area contributed by atoms with Gasteiger partial charge < -0.3 is 24.1 Å². The Morgan fingerprint density at radius 2 is 1.86 bits per heavy atom. The number of urea groups is 1. The van der Waals surface area contributed by atoms with Gasteiger partial charge in [-0.25, -0.2) is 9.59 Å². The molecule has 2 aromatic rings. The Morgan fingerprint density at radius 1 is 1.11 bits per heavy atom. The maximum atomic E-state index is 13.2. The van der Waals surface area contributed by atoms with Gasteiger partial charge in [0, 0.05) is 51.0 Å². The number of para-hydroxylation sites is 1. The van der Waals surface area contributed by atoms with Gasteiger partial charge in [-0.05, 0) is 25.1 Å². The van der Waals surface area contributed by atoms with Crippen LogP contribution in [-0.4, -0.2) is 86.1 Å². The maximum Gasteiger partial charge on any atom is 0.338 e. The standard InChI is InChI=1S/C25H30N4O6/c1-4-34-24(31)21-18(16-28-11-13-29(14-12-28)23(30)20-10-7-15-35-20)27(2)25(32)26-22(21)17-8-5-6-9-19(17)33-3/h5-10,15,22H,4,11-14,16H2,1-3H3,(H,26,32)/t22-/m0/s1. The van der Waals surface area contributed by atoms with E-state index in [1.165, 1.54) is 11.2 Å². The van der Waals surface area contributed by atoms with Crippen molar-refractivity contribution in [3.63, 3.8) is 0 Å². The minimum absolute atomic E-state index is 0.147. The molecular formula is C25H30N4O6. The monoisotopic (exact) mass is 482 g/mol. The highest BCUT2D eigenvalue weighted by Crippen LogP contribution is 2.35. The molecule has 0 aliphatic carbocycles. The number of likely N-dealkylation sites (N-methyl/N-ethyl adjacent to an activating group) is 1. The van der Waals surface area contributed by atoms with Gasteiger partial charge in [0.05, 0.1) is 31.6 Å². The van der Waals surface area contributed by atoms with Gasteiger partial charge in [0.2, 0.25) is 0 Å². The highest BCUT2D eigenvalue weighted by Gasteiger charge is 2.39. The van der Waals surface area contributed by atoms with E-state index >= 15 is 0 Å². The number of amides is 3. The summed E-state index contributed by atoms with van der Waals surface area (Å²) >= 11 is 0. The van der Waals surface area contributed by atoms with Crippen molar-refractivity contribution < 1.29 is 28.3 Å². The zero-order valence-electron chi connectivity index (χ0n) is 20.2. The normalized spacial score (nSPS) is 18.9. The maximum absolute atomic E-state index is 13.2. The number of carbonyl (C=O) groups excluding carboxylic acids is 3. The zero-order chi connectivity index (χ0) is 24.9. The van der Waals surface area contributed by atoms with Gasteiger partial charge in [0.25, 0.3) is 5.91 Å². The van der Waals surface area contributed by atoms with Crippen LogP contribution in [-0.2, 0) is 9.53 Å². The van der Waals surface area contributed by atoms with E-state index in [9.17, 15) is 14.4 Å². The summed E-state index contributed by atoms with van der Waals surface area (Å²) in [5.41, 5.74) is 1.60. The van der Waals surface area contributed by atoms with Crippen LogP contribution in [0, 0.1) is 0 Å². The minimum Gasteiger partial charge on any atom is -0.496 e. The predicted octanol–water partition coefficient (Wildman–Crippen LogP) is 2.26. The van der Waals surface area contributed by atoms with E-state index in [0.717, 1.165) is 0 Å². The fraction of sp³-hybridized carbons (Fsp3) is 0.400. The second-order valence-electron chi connectivity index (χ2n) is 8.31. The third-order valence-electron chi connectivity index (χ3n) is 6.29. The van der Waals surface area contributed by atoms with Gasteiger partial charge in [-0.1, -0.05) is 18.2 Å². The summed E-state index contributed by atoms with van der Waals surface area (Å²) in [4.78, 5) is 44.0. The van der Waals surface area contributed by atoms with E-state index in [-0.39, 0.29) is 18.5 Å². The first-order valence-electron chi connectivity index (χ1n) is 11.6. The highest BCUT2D eigenvalue weighted by molar-refractivity contribution is 5.95. The van der Waals surface area contributed by atoms with Crippen LogP contribution in [0.1, 0.15) is 29.1 Å². The van der Waals surface area contributed by atoms with Crippen LogP contribution in [0.5, 0.6) is 5.75 Å².